The van der Waals surface area contributed by atoms with Crippen LogP contribution in [-0.4, -0.2) is 64.4 Å². The third kappa shape index (κ3) is 7.19. The number of methoxy groups -OCH3 is 1. The highest BCUT2D eigenvalue weighted by atomic mass is 16.6. The van der Waals surface area contributed by atoms with Crippen molar-refractivity contribution in [3.8, 4) is 0 Å². The van der Waals surface area contributed by atoms with Crippen molar-refractivity contribution in [2.45, 2.75) is 109 Å². The molecule has 0 aromatic carbocycles. The highest BCUT2D eigenvalue weighted by molar-refractivity contribution is 5.95. The van der Waals surface area contributed by atoms with Gasteiger partial charge in [-0.15, -0.1) is 0 Å². The van der Waals surface area contributed by atoms with Gasteiger partial charge in [-0.2, -0.15) is 10.2 Å². The molecule has 2 rings (SSSR count). The Hall–Kier alpha value is -1.64. The Morgan fingerprint density at radius 1 is 1.13 bits per heavy atom. The first-order valence-electron chi connectivity index (χ1n) is 11.5. The fraction of sp³-hybridized carbons (Fsp3) is 0.826. The van der Waals surface area contributed by atoms with Gasteiger partial charge in [-0.05, 0) is 58.3 Å². The number of ether oxygens (including phenoxy) is 2. The van der Waals surface area contributed by atoms with E-state index >= 15 is 0 Å². The second kappa shape index (κ2) is 11.8. The molecule has 0 aromatic heterocycles. The molecule has 8 heteroatoms. The van der Waals surface area contributed by atoms with Crippen molar-refractivity contribution >= 4 is 23.2 Å². The predicted octanol–water partition coefficient (Wildman–Crippen LogP) is 2.98. The van der Waals surface area contributed by atoms with Crippen LogP contribution < -0.4 is 0 Å². The van der Waals surface area contributed by atoms with Gasteiger partial charge in [-0.25, -0.2) is 0 Å². The van der Waals surface area contributed by atoms with Gasteiger partial charge in [0.05, 0.1) is 12.2 Å². The van der Waals surface area contributed by atoms with Crippen molar-refractivity contribution in [1.82, 2.24) is 0 Å². The van der Waals surface area contributed by atoms with Gasteiger partial charge >= 0.3 is 5.97 Å². The van der Waals surface area contributed by atoms with Gasteiger partial charge in [0.1, 0.15) is 23.9 Å². The van der Waals surface area contributed by atoms with Crippen LogP contribution in [0.15, 0.2) is 10.2 Å². The molecular weight excluding hydrogens is 400 g/mol. The van der Waals surface area contributed by atoms with Gasteiger partial charge in [0, 0.05) is 30.9 Å². The van der Waals surface area contributed by atoms with Crippen molar-refractivity contribution in [2.75, 3.05) is 7.11 Å². The van der Waals surface area contributed by atoms with E-state index in [4.69, 9.17) is 9.47 Å². The number of cyclic esters (lactones) is 1. The lowest BCUT2D eigenvalue weighted by atomic mass is 9.80. The van der Waals surface area contributed by atoms with Crippen molar-refractivity contribution in [3.05, 3.63) is 0 Å². The summed E-state index contributed by atoms with van der Waals surface area (Å²) >= 11 is 0. The van der Waals surface area contributed by atoms with Gasteiger partial charge in [0.25, 0.3) is 0 Å². The SMILES string of the molecule is CC[C@H]1OC(=O)CC(=O)CCC(OC)CC/C(=N\N=C2CCCC2)C(C)C(O)C1(C)O. The van der Waals surface area contributed by atoms with Crippen molar-refractivity contribution in [2.24, 2.45) is 16.1 Å². The lowest BCUT2D eigenvalue weighted by molar-refractivity contribution is -0.182. The standard InChI is InChI=1S/C23H38N2O6/c1-5-20-23(3,29)22(28)15(2)19(25-24-16-8-6-7-9-16)13-12-18(30-4)11-10-17(26)14-21(27)31-20/h15,18,20,22,28-29H,5-14H2,1-4H3/b25-19+/t15?,18?,20-,22?,23?/m1/s1. The van der Waals surface area contributed by atoms with Crippen LogP contribution in [0.3, 0.4) is 0 Å². The van der Waals surface area contributed by atoms with E-state index in [-0.39, 0.29) is 24.7 Å². The zero-order valence-electron chi connectivity index (χ0n) is 19.3. The van der Waals surface area contributed by atoms with Crippen molar-refractivity contribution < 1.29 is 29.3 Å². The van der Waals surface area contributed by atoms with E-state index in [0.717, 1.165) is 31.4 Å². The molecule has 1 aliphatic carbocycles. The van der Waals surface area contributed by atoms with E-state index < -0.39 is 29.7 Å². The number of Topliss-reactive ketones (excluding diaryl/α,β-unsaturated/α-hetero) is 1. The molecule has 176 valence electrons. The molecule has 0 spiro atoms. The quantitative estimate of drug-likeness (QED) is 0.397. The van der Waals surface area contributed by atoms with E-state index in [2.05, 4.69) is 10.2 Å². The number of carbonyl (C=O) groups is 2. The topological polar surface area (TPSA) is 118 Å². The Morgan fingerprint density at radius 2 is 1.77 bits per heavy atom. The molecule has 4 unspecified atom stereocenters. The van der Waals surface area contributed by atoms with Gasteiger partial charge in [-0.3, -0.25) is 9.59 Å². The molecule has 0 amide bonds. The first kappa shape index (κ1) is 25.6. The highest BCUT2D eigenvalue weighted by Crippen LogP contribution is 2.29. The number of hydrogen-bond acceptors (Lipinski definition) is 8. The van der Waals surface area contributed by atoms with Crippen LogP contribution in [0.2, 0.25) is 0 Å². The predicted molar refractivity (Wildman–Crippen MR) is 118 cm³/mol. The minimum atomic E-state index is -1.71. The Kier molecular flexibility index (Phi) is 9.78. The lowest BCUT2D eigenvalue weighted by Gasteiger charge is -2.38. The van der Waals surface area contributed by atoms with Crippen LogP contribution >= 0.6 is 0 Å². The normalized spacial score (nSPS) is 35.7. The summed E-state index contributed by atoms with van der Waals surface area (Å²) in [5.74, 6) is -1.42. The van der Waals surface area contributed by atoms with Gasteiger partial charge < -0.3 is 19.7 Å². The van der Waals surface area contributed by atoms with E-state index in [1.165, 1.54) is 6.92 Å². The molecule has 1 aliphatic heterocycles. The molecule has 1 heterocycles. The lowest BCUT2D eigenvalue weighted by Crippen LogP contribution is -2.55. The van der Waals surface area contributed by atoms with Crippen LogP contribution in [0.1, 0.15) is 85.0 Å². The Balaban J connectivity index is 2.35. The average Bonchev–Trinajstić information content (AvgIpc) is 3.25. The molecule has 2 fully saturated rings. The maximum absolute atomic E-state index is 12.3. The summed E-state index contributed by atoms with van der Waals surface area (Å²) in [4.78, 5) is 24.5. The Bertz CT molecular complexity index is 680. The third-order valence-electron chi connectivity index (χ3n) is 6.54. The molecule has 5 atom stereocenters. The smallest absolute Gasteiger partial charge is 0.313 e. The molecule has 0 aromatic rings. The van der Waals surface area contributed by atoms with E-state index in [9.17, 15) is 19.8 Å². The third-order valence-corrected chi connectivity index (χ3v) is 6.54. The van der Waals surface area contributed by atoms with Crippen LogP contribution in [0, 0.1) is 5.92 Å². The molecule has 2 N–H and O–H groups in total. The second-order valence-corrected chi connectivity index (χ2v) is 8.96. The number of nitrogens with zero attached hydrogens (tertiary/aromatic N) is 2. The molecule has 0 radical (unpaired) electrons. The summed E-state index contributed by atoms with van der Waals surface area (Å²) < 4.78 is 10.9. The van der Waals surface area contributed by atoms with Crippen LogP contribution in [-0.2, 0) is 19.1 Å². The van der Waals surface area contributed by atoms with E-state index in [1.807, 2.05) is 0 Å². The fourth-order valence-electron chi connectivity index (χ4n) is 4.34. The number of rotatable bonds is 3. The summed E-state index contributed by atoms with van der Waals surface area (Å²) in [5, 5.41) is 31.1. The molecule has 2 aliphatic rings. The van der Waals surface area contributed by atoms with Crippen LogP contribution in [0.25, 0.3) is 0 Å². The first-order valence-corrected chi connectivity index (χ1v) is 11.5. The number of esters is 1. The second-order valence-electron chi connectivity index (χ2n) is 8.96. The van der Waals surface area contributed by atoms with E-state index in [1.54, 1.807) is 21.0 Å². The average molecular weight is 439 g/mol. The summed E-state index contributed by atoms with van der Waals surface area (Å²) in [6, 6.07) is 0. The van der Waals surface area contributed by atoms with E-state index in [0.29, 0.717) is 31.4 Å². The number of ketones is 1. The largest absolute Gasteiger partial charge is 0.459 e. The molecule has 31 heavy (non-hydrogen) atoms. The minimum Gasteiger partial charge on any atom is -0.459 e. The Labute approximate surface area is 185 Å². The van der Waals surface area contributed by atoms with Gasteiger partial charge in [-0.1, -0.05) is 13.8 Å². The maximum Gasteiger partial charge on any atom is 0.313 e. The number of hydrogen-bond donors (Lipinski definition) is 2. The summed E-state index contributed by atoms with van der Waals surface area (Å²) in [7, 11) is 1.59. The molecule has 1 saturated heterocycles. The van der Waals surface area contributed by atoms with Crippen molar-refractivity contribution in [1.29, 1.82) is 0 Å². The fourth-order valence-corrected chi connectivity index (χ4v) is 4.34. The number of aliphatic hydroxyl groups is 2. The first-order chi connectivity index (χ1) is 14.7. The van der Waals surface area contributed by atoms with Crippen LogP contribution in [0.5, 0.6) is 0 Å². The van der Waals surface area contributed by atoms with Crippen molar-refractivity contribution in [3.63, 3.8) is 0 Å². The minimum absolute atomic E-state index is 0.180. The summed E-state index contributed by atoms with van der Waals surface area (Å²) in [5.41, 5.74) is 0.00670. The molecule has 1 saturated carbocycles. The molecule has 8 nitrogen and oxygen atoms in total. The zero-order valence-corrected chi connectivity index (χ0v) is 19.3. The number of carbonyl (C=O) groups excluding carboxylic acids is 2. The zero-order chi connectivity index (χ0) is 23.0. The Morgan fingerprint density at radius 3 is 2.39 bits per heavy atom. The molecular formula is C23H38N2O6. The molecule has 0 bridgehead atoms. The van der Waals surface area contributed by atoms with Gasteiger partial charge in [0.2, 0.25) is 0 Å². The maximum atomic E-state index is 12.3. The highest BCUT2D eigenvalue weighted by Gasteiger charge is 2.44. The monoisotopic (exact) mass is 438 g/mol. The van der Waals surface area contributed by atoms with Crippen LogP contribution in [0.4, 0.5) is 0 Å². The summed E-state index contributed by atoms with van der Waals surface area (Å²) in [6.07, 6.45) is 3.53. The number of aliphatic hydroxyl groups excluding tert-OH is 1. The summed E-state index contributed by atoms with van der Waals surface area (Å²) in [6.45, 7) is 5.03. The van der Waals surface area contributed by atoms with Gasteiger partial charge in [0.15, 0.2) is 0 Å².